The molecule has 0 bridgehead atoms. The van der Waals surface area contributed by atoms with Crippen LogP contribution in [0.25, 0.3) is 0 Å². The van der Waals surface area contributed by atoms with Crippen molar-refractivity contribution in [1.29, 1.82) is 0 Å². The zero-order valence-electron chi connectivity index (χ0n) is 11.4. The van der Waals surface area contributed by atoms with Gasteiger partial charge in [0, 0.05) is 6.04 Å². The highest BCUT2D eigenvalue weighted by Gasteiger charge is 2.21. The Morgan fingerprint density at radius 3 is 2.84 bits per heavy atom. The second kappa shape index (κ2) is 5.80. The number of hydrogen-bond donors (Lipinski definition) is 2. The predicted octanol–water partition coefficient (Wildman–Crippen LogP) is 2.07. The van der Waals surface area contributed by atoms with E-state index in [1.54, 1.807) is 0 Å². The maximum atomic E-state index is 5.46. The molecule has 1 aromatic carbocycles. The highest BCUT2D eigenvalue weighted by atomic mass is 16.7. The zero-order valence-corrected chi connectivity index (χ0v) is 11.4. The molecule has 2 aliphatic rings. The molecule has 0 amide bonds. The summed E-state index contributed by atoms with van der Waals surface area (Å²) in [5.41, 5.74) is 1.30. The molecule has 2 heterocycles. The van der Waals surface area contributed by atoms with Gasteiger partial charge >= 0.3 is 0 Å². The molecule has 1 unspecified atom stereocenters. The van der Waals surface area contributed by atoms with Gasteiger partial charge in [0.15, 0.2) is 11.5 Å². The molecule has 0 aliphatic carbocycles. The van der Waals surface area contributed by atoms with E-state index in [4.69, 9.17) is 9.47 Å². The molecule has 3 rings (SSSR count). The van der Waals surface area contributed by atoms with Crippen LogP contribution in [0, 0.1) is 5.92 Å². The highest BCUT2D eigenvalue weighted by Crippen LogP contribution is 2.36. The van der Waals surface area contributed by atoms with Gasteiger partial charge in [0.1, 0.15) is 0 Å². The maximum absolute atomic E-state index is 5.46. The van der Waals surface area contributed by atoms with Crippen LogP contribution >= 0.6 is 0 Å². The van der Waals surface area contributed by atoms with E-state index >= 15 is 0 Å². The summed E-state index contributed by atoms with van der Waals surface area (Å²) in [4.78, 5) is 0. The van der Waals surface area contributed by atoms with Crippen molar-refractivity contribution in [2.45, 2.75) is 25.3 Å². The fourth-order valence-corrected chi connectivity index (χ4v) is 3.00. The highest BCUT2D eigenvalue weighted by molar-refractivity contribution is 5.45. The largest absolute Gasteiger partial charge is 0.454 e. The first-order valence-electron chi connectivity index (χ1n) is 7.14. The van der Waals surface area contributed by atoms with Crippen LogP contribution in [0.1, 0.15) is 30.9 Å². The van der Waals surface area contributed by atoms with Gasteiger partial charge in [-0.3, -0.25) is 0 Å². The molecule has 2 aliphatic heterocycles. The van der Waals surface area contributed by atoms with Gasteiger partial charge in [0.2, 0.25) is 6.79 Å². The number of benzene rings is 1. The summed E-state index contributed by atoms with van der Waals surface area (Å²) in [6.07, 6.45) is 3.75. The zero-order chi connectivity index (χ0) is 13.1. The summed E-state index contributed by atoms with van der Waals surface area (Å²) in [6.45, 7) is 2.65. The molecule has 0 radical (unpaired) electrons. The van der Waals surface area contributed by atoms with Gasteiger partial charge in [-0.25, -0.2) is 0 Å². The summed E-state index contributed by atoms with van der Waals surface area (Å²) in [6, 6.07) is 6.68. The fourth-order valence-electron chi connectivity index (χ4n) is 3.00. The van der Waals surface area contributed by atoms with Crippen molar-refractivity contribution in [3.8, 4) is 11.5 Å². The Balaban J connectivity index is 1.70. The van der Waals surface area contributed by atoms with Gasteiger partial charge in [0.05, 0.1) is 0 Å². The lowest BCUT2D eigenvalue weighted by atomic mass is 9.88. The smallest absolute Gasteiger partial charge is 0.231 e. The molecular weight excluding hydrogens is 240 g/mol. The minimum Gasteiger partial charge on any atom is -0.454 e. The van der Waals surface area contributed by atoms with Gasteiger partial charge < -0.3 is 20.1 Å². The molecule has 4 heteroatoms. The third-order valence-corrected chi connectivity index (χ3v) is 4.18. The second-order valence-corrected chi connectivity index (χ2v) is 5.38. The maximum Gasteiger partial charge on any atom is 0.231 e. The lowest BCUT2D eigenvalue weighted by Gasteiger charge is -2.27. The quantitative estimate of drug-likeness (QED) is 0.871. The normalized spacial score (nSPS) is 20.5. The first-order chi connectivity index (χ1) is 9.36. The average Bonchev–Trinajstić information content (AvgIpc) is 2.93. The van der Waals surface area contributed by atoms with Crippen LogP contribution in [0.5, 0.6) is 11.5 Å². The number of ether oxygens (including phenoxy) is 2. The van der Waals surface area contributed by atoms with Crippen LogP contribution in [0.2, 0.25) is 0 Å². The van der Waals surface area contributed by atoms with Crippen LogP contribution < -0.4 is 20.1 Å². The Morgan fingerprint density at radius 2 is 2.05 bits per heavy atom. The SMILES string of the molecule is CNC(CC1CCNCC1)c1ccc2c(c1)OCO2. The van der Waals surface area contributed by atoms with Gasteiger partial charge in [-0.05, 0) is 63.0 Å². The summed E-state index contributed by atoms with van der Waals surface area (Å²) in [5, 5.41) is 6.86. The minimum absolute atomic E-state index is 0.345. The molecule has 0 aromatic heterocycles. The third kappa shape index (κ3) is 2.85. The topological polar surface area (TPSA) is 42.5 Å². The Kier molecular flexibility index (Phi) is 3.89. The number of hydrogen-bond acceptors (Lipinski definition) is 4. The number of nitrogens with one attached hydrogen (secondary N) is 2. The van der Waals surface area contributed by atoms with E-state index in [0.29, 0.717) is 12.8 Å². The van der Waals surface area contributed by atoms with Gasteiger partial charge in [-0.15, -0.1) is 0 Å². The molecule has 104 valence electrons. The van der Waals surface area contributed by atoms with Crippen molar-refractivity contribution in [2.75, 3.05) is 26.9 Å². The lowest BCUT2D eigenvalue weighted by Crippen LogP contribution is -2.30. The van der Waals surface area contributed by atoms with E-state index in [9.17, 15) is 0 Å². The lowest BCUT2D eigenvalue weighted by molar-refractivity contribution is 0.174. The Labute approximate surface area is 114 Å². The van der Waals surface area contributed by atoms with Crippen LogP contribution in [0.15, 0.2) is 18.2 Å². The molecule has 0 spiro atoms. The number of piperidine rings is 1. The molecular formula is C15H22N2O2. The van der Waals surface area contributed by atoms with E-state index < -0.39 is 0 Å². The predicted molar refractivity (Wildman–Crippen MR) is 74.6 cm³/mol. The van der Waals surface area contributed by atoms with Crippen LogP contribution in [-0.2, 0) is 0 Å². The van der Waals surface area contributed by atoms with Crippen LogP contribution in [-0.4, -0.2) is 26.9 Å². The van der Waals surface area contributed by atoms with Crippen molar-refractivity contribution in [2.24, 2.45) is 5.92 Å². The van der Waals surface area contributed by atoms with Crippen molar-refractivity contribution < 1.29 is 9.47 Å². The van der Waals surface area contributed by atoms with Crippen molar-refractivity contribution in [1.82, 2.24) is 10.6 Å². The Morgan fingerprint density at radius 1 is 1.26 bits per heavy atom. The van der Waals surface area contributed by atoms with E-state index in [2.05, 4.69) is 22.8 Å². The minimum atomic E-state index is 0.345. The molecule has 19 heavy (non-hydrogen) atoms. The first kappa shape index (κ1) is 12.8. The summed E-state index contributed by atoms with van der Waals surface area (Å²) in [7, 11) is 2.04. The molecule has 1 saturated heterocycles. The van der Waals surface area contributed by atoms with Crippen LogP contribution in [0.3, 0.4) is 0 Å². The Bertz CT molecular complexity index is 430. The molecule has 0 saturated carbocycles. The summed E-state index contributed by atoms with van der Waals surface area (Å²) >= 11 is 0. The fraction of sp³-hybridized carbons (Fsp3) is 0.600. The van der Waals surface area contributed by atoms with Crippen molar-refractivity contribution in [3.05, 3.63) is 23.8 Å². The molecule has 1 atom stereocenters. The molecule has 1 aromatic rings. The van der Waals surface area contributed by atoms with E-state index in [1.165, 1.54) is 24.8 Å². The van der Waals surface area contributed by atoms with Crippen molar-refractivity contribution in [3.63, 3.8) is 0 Å². The van der Waals surface area contributed by atoms with E-state index in [-0.39, 0.29) is 0 Å². The molecule has 2 N–H and O–H groups in total. The van der Waals surface area contributed by atoms with E-state index in [0.717, 1.165) is 30.5 Å². The van der Waals surface area contributed by atoms with Crippen LogP contribution in [0.4, 0.5) is 0 Å². The first-order valence-corrected chi connectivity index (χ1v) is 7.14. The number of fused-ring (bicyclic) bond motifs is 1. The van der Waals surface area contributed by atoms with Gasteiger partial charge in [-0.2, -0.15) is 0 Å². The number of rotatable bonds is 4. The molecule has 1 fully saturated rings. The summed E-state index contributed by atoms with van der Waals surface area (Å²) < 4.78 is 10.8. The Hall–Kier alpha value is -1.26. The molecule has 4 nitrogen and oxygen atoms in total. The van der Waals surface area contributed by atoms with E-state index in [1.807, 2.05) is 13.1 Å². The third-order valence-electron chi connectivity index (χ3n) is 4.18. The average molecular weight is 262 g/mol. The van der Waals surface area contributed by atoms with Crippen molar-refractivity contribution >= 4 is 0 Å². The standard InChI is InChI=1S/C15H22N2O2/c1-16-13(8-11-4-6-17-7-5-11)12-2-3-14-15(9-12)19-10-18-14/h2-3,9,11,13,16-17H,4-8,10H2,1H3. The van der Waals surface area contributed by atoms with Gasteiger partial charge in [0.25, 0.3) is 0 Å². The summed E-state index contributed by atoms with van der Waals surface area (Å²) in [5.74, 6) is 2.55. The van der Waals surface area contributed by atoms with Gasteiger partial charge in [-0.1, -0.05) is 6.07 Å². The second-order valence-electron chi connectivity index (χ2n) is 5.38. The monoisotopic (exact) mass is 262 g/mol.